The first-order chi connectivity index (χ1) is 11.2. The lowest BCUT2D eigenvalue weighted by Gasteiger charge is -2.06. The van der Waals surface area contributed by atoms with E-state index in [9.17, 15) is 27.5 Å². The molecule has 0 atom stereocenters. The summed E-state index contributed by atoms with van der Waals surface area (Å²) in [6, 6.07) is 6.45. The number of aryl methyl sites for hydroxylation is 1. The van der Waals surface area contributed by atoms with Crippen molar-refractivity contribution in [3.05, 3.63) is 46.7 Å². The number of alkyl halides is 3. The number of rotatable bonds is 2. The van der Waals surface area contributed by atoms with Gasteiger partial charge in [0.2, 0.25) is 0 Å². The SMILES string of the molecule is Cc1cc2c(F)c(O)ccc2n1C(=O)c1ccc(SC(F)(F)F)s1. The maximum Gasteiger partial charge on any atom is 0.447 e. The first-order valence-corrected chi connectivity index (χ1v) is 8.20. The number of hydrogen-bond donors (Lipinski definition) is 1. The minimum atomic E-state index is -4.43. The molecule has 0 spiro atoms. The Hall–Kier alpha value is -2.00. The highest BCUT2D eigenvalue weighted by atomic mass is 32.2. The summed E-state index contributed by atoms with van der Waals surface area (Å²) in [6.07, 6.45) is 0. The topological polar surface area (TPSA) is 42.2 Å². The van der Waals surface area contributed by atoms with Crippen molar-refractivity contribution < 1.29 is 27.5 Å². The second-order valence-electron chi connectivity index (χ2n) is 4.92. The summed E-state index contributed by atoms with van der Waals surface area (Å²) in [4.78, 5) is 12.7. The van der Waals surface area contributed by atoms with Crippen LogP contribution in [0, 0.1) is 12.7 Å². The number of aromatic nitrogens is 1. The van der Waals surface area contributed by atoms with Crippen LogP contribution in [0.5, 0.6) is 5.75 Å². The van der Waals surface area contributed by atoms with E-state index in [1.807, 2.05) is 0 Å². The van der Waals surface area contributed by atoms with Gasteiger partial charge in [-0.2, -0.15) is 13.2 Å². The van der Waals surface area contributed by atoms with Crippen LogP contribution in [0.15, 0.2) is 34.5 Å². The summed E-state index contributed by atoms with van der Waals surface area (Å²) in [6.45, 7) is 1.58. The molecule has 3 rings (SSSR count). The molecular weight excluding hydrogens is 366 g/mol. The van der Waals surface area contributed by atoms with Crippen LogP contribution in [0.2, 0.25) is 0 Å². The van der Waals surface area contributed by atoms with E-state index in [4.69, 9.17) is 0 Å². The Morgan fingerprint density at radius 2 is 1.96 bits per heavy atom. The molecule has 9 heteroatoms. The molecule has 126 valence electrons. The van der Waals surface area contributed by atoms with Crippen LogP contribution in [0.3, 0.4) is 0 Å². The van der Waals surface area contributed by atoms with Gasteiger partial charge in [-0.15, -0.1) is 11.3 Å². The molecule has 0 saturated heterocycles. The van der Waals surface area contributed by atoms with Gasteiger partial charge in [0.05, 0.1) is 14.6 Å². The first kappa shape index (κ1) is 16.8. The van der Waals surface area contributed by atoms with Crippen molar-refractivity contribution in [1.82, 2.24) is 4.57 Å². The fraction of sp³-hybridized carbons (Fsp3) is 0.133. The Labute approximate surface area is 141 Å². The summed E-state index contributed by atoms with van der Waals surface area (Å²) in [7, 11) is 0. The van der Waals surface area contributed by atoms with E-state index in [1.165, 1.54) is 28.8 Å². The lowest BCUT2D eigenvalue weighted by molar-refractivity contribution is -0.0327. The van der Waals surface area contributed by atoms with Gasteiger partial charge in [-0.1, -0.05) is 0 Å². The molecule has 0 bridgehead atoms. The molecule has 24 heavy (non-hydrogen) atoms. The Balaban J connectivity index is 2.03. The number of thioether (sulfide) groups is 1. The van der Waals surface area contributed by atoms with E-state index >= 15 is 0 Å². The molecule has 0 saturated carbocycles. The van der Waals surface area contributed by atoms with Gasteiger partial charge < -0.3 is 5.11 Å². The first-order valence-electron chi connectivity index (χ1n) is 6.57. The molecule has 2 heterocycles. The zero-order valence-corrected chi connectivity index (χ0v) is 13.7. The minimum absolute atomic E-state index is 0.0520. The maximum atomic E-state index is 13.9. The van der Waals surface area contributed by atoms with Crippen LogP contribution >= 0.6 is 23.1 Å². The molecule has 0 amide bonds. The number of thiophene rings is 1. The fourth-order valence-corrected chi connectivity index (χ4v) is 4.10. The number of carbonyl (C=O) groups is 1. The van der Waals surface area contributed by atoms with Crippen molar-refractivity contribution in [1.29, 1.82) is 0 Å². The van der Waals surface area contributed by atoms with Gasteiger partial charge in [-0.3, -0.25) is 9.36 Å². The zero-order chi connectivity index (χ0) is 17.6. The van der Waals surface area contributed by atoms with Gasteiger partial charge in [-0.05, 0) is 49.0 Å². The van der Waals surface area contributed by atoms with Crippen LogP contribution in [0.4, 0.5) is 17.6 Å². The van der Waals surface area contributed by atoms with Crippen LogP contribution in [0.1, 0.15) is 15.4 Å². The number of phenols is 1. The number of carbonyl (C=O) groups excluding carboxylic acids is 1. The van der Waals surface area contributed by atoms with Gasteiger partial charge in [0, 0.05) is 11.1 Å². The molecule has 3 aromatic rings. The number of benzene rings is 1. The largest absolute Gasteiger partial charge is 0.505 e. The fourth-order valence-electron chi connectivity index (χ4n) is 2.35. The van der Waals surface area contributed by atoms with E-state index in [1.54, 1.807) is 6.92 Å². The van der Waals surface area contributed by atoms with Crippen LogP contribution < -0.4 is 0 Å². The van der Waals surface area contributed by atoms with E-state index in [2.05, 4.69) is 0 Å². The average Bonchev–Trinajstić information content (AvgIpc) is 3.05. The number of phenolic OH excluding ortho intramolecular Hbond substituents is 1. The quantitative estimate of drug-likeness (QED) is 0.497. The third-order valence-electron chi connectivity index (χ3n) is 3.29. The van der Waals surface area contributed by atoms with E-state index in [0.29, 0.717) is 5.69 Å². The van der Waals surface area contributed by atoms with Gasteiger partial charge in [0.15, 0.2) is 11.6 Å². The second-order valence-corrected chi connectivity index (χ2v) is 7.37. The summed E-state index contributed by atoms with van der Waals surface area (Å²) in [5.41, 5.74) is -3.77. The van der Waals surface area contributed by atoms with Crippen molar-refractivity contribution in [2.45, 2.75) is 16.6 Å². The Morgan fingerprint density at radius 3 is 2.62 bits per heavy atom. The lowest BCUT2D eigenvalue weighted by Crippen LogP contribution is -2.11. The molecule has 0 radical (unpaired) electrons. The third kappa shape index (κ3) is 3.01. The zero-order valence-electron chi connectivity index (χ0n) is 12.0. The Kier molecular flexibility index (Phi) is 4.08. The predicted molar refractivity (Wildman–Crippen MR) is 84.3 cm³/mol. The van der Waals surface area contributed by atoms with Gasteiger partial charge in [-0.25, -0.2) is 4.39 Å². The maximum absolute atomic E-state index is 13.9. The van der Waals surface area contributed by atoms with Crippen molar-refractivity contribution in [2.24, 2.45) is 0 Å². The number of halogens is 4. The molecule has 1 N–H and O–H groups in total. The summed E-state index contributed by atoms with van der Waals surface area (Å²) in [5, 5.41) is 9.48. The minimum Gasteiger partial charge on any atom is -0.505 e. The molecule has 0 unspecified atom stereocenters. The molecule has 0 aliphatic carbocycles. The molecule has 3 nitrogen and oxygen atoms in total. The van der Waals surface area contributed by atoms with Gasteiger partial charge in [0.25, 0.3) is 5.91 Å². The summed E-state index contributed by atoms with van der Waals surface area (Å²) in [5.74, 6) is -1.93. The lowest BCUT2D eigenvalue weighted by atomic mass is 10.2. The van der Waals surface area contributed by atoms with Gasteiger partial charge >= 0.3 is 5.51 Å². The monoisotopic (exact) mass is 375 g/mol. The normalized spacial score (nSPS) is 12.0. The highest BCUT2D eigenvalue weighted by Crippen LogP contribution is 2.40. The summed E-state index contributed by atoms with van der Waals surface area (Å²) < 4.78 is 52.3. The van der Waals surface area contributed by atoms with E-state index in [0.717, 1.165) is 17.4 Å². The molecule has 1 aromatic carbocycles. The molecule has 0 aliphatic heterocycles. The molecule has 0 fully saturated rings. The molecular formula is C15H9F4NO2S2. The van der Waals surface area contributed by atoms with Crippen LogP contribution in [0.25, 0.3) is 10.9 Å². The van der Waals surface area contributed by atoms with Crippen molar-refractivity contribution in [2.75, 3.05) is 0 Å². The summed E-state index contributed by atoms with van der Waals surface area (Å²) >= 11 is 0.433. The van der Waals surface area contributed by atoms with Crippen LogP contribution in [-0.4, -0.2) is 21.1 Å². The Bertz CT molecular complexity index is 943. The predicted octanol–water partition coefficient (Wildman–Crippen LogP) is 5.16. The standard InChI is InChI=1S/C15H9F4NO2S2/c1-7-6-8-9(2-3-10(21)13(8)16)20(7)14(22)11-4-5-12(23-11)24-15(17,18)19/h2-6,21H,1H3. The number of hydrogen-bond acceptors (Lipinski definition) is 4. The van der Waals surface area contributed by atoms with Crippen molar-refractivity contribution in [3.63, 3.8) is 0 Å². The number of nitrogens with zero attached hydrogens (tertiary/aromatic N) is 1. The second kappa shape index (κ2) is 5.82. The van der Waals surface area contributed by atoms with E-state index < -0.39 is 23.0 Å². The molecule has 0 aliphatic rings. The number of fused-ring (bicyclic) bond motifs is 1. The Morgan fingerprint density at radius 1 is 1.25 bits per heavy atom. The smallest absolute Gasteiger partial charge is 0.447 e. The third-order valence-corrected chi connectivity index (χ3v) is 5.23. The molecule has 2 aromatic heterocycles. The highest BCUT2D eigenvalue weighted by molar-refractivity contribution is 8.02. The van der Waals surface area contributed by atoms with E-state index in [-0.39, 0.29) is 31.8 Å². The highest BCUT2D eigenvalue weighted by Gasteiger charge is 2.30. The van der Waals surface area contributed by atoms with Crippen LogP contribution in [-0.2, 0) is 0 Å². The number of aromatic hydroxyl groups is 1. The average molecular weight is 375 g/mol. The van der Waals surface area contributed by atoms with Gasteiger partial charge in [0.1, 0.15) is 0 Å². The van der Waals surface area contributed by atoms with Crippen molar-refractivity contribution >= 4 is 39.9 Å². The van der Waals surface area contributed by atoms with Crippen molar-refractivity contribution in [3.8, 4) is 5.75 Å².